The summed E-state index contributed by atoms with van der Waals surface area (Å²) in [5.41, 5.74) is 0.647. The summed E-state index contributed by atoms with van der Waals surface area (Å²) in [5.74, 6) is 0. The third kappa shape index (κ3) is 2.54. The number of nitrogens with one attached hydrogen (secondary N) is 1. The molecule has 0 amide bonds. The Hall–Kier alpha value is -1.31. The Kier molecular flexibility index (Phi) is 3.34. The van der Waals surface area contributed by atoms with E-state index in [1.54, 1.807) is 0 Å². The highest BCUT2D eigenvalue weighted by Gasteiger charge is 2.19. The number of rotatable bonds is 2. The minimum atomic E-state index is -0.0987. The van der Waals surface area contributed by atoms with Crippen molar-refractivity contribution in [2.45, 2.75) is 26.4 Å². The Labute approximate surface area is 115 Å². The maximum atomic E-state index is 11.8. The van der Waals surface area contributed by atoms with Crippen LogP contribution in [-0.4, -0.2) is 45.2 Å². The quantitative estimate of drug-likeness (QED) is 0.854. The van der Waals surface area contributed by atoms with Gasteiger partial charge in [-0.15, -0.1) is 0 Å². The van der Waals surface area contributed by atoms with Crippen molar-refractivity contribution in [1.29, 1.82) is 0 Å². The van der Waals surface area contributed by atoms with Gasteiger partial charge in [-0.3, -0.25) is 9.69 Å². The fourth-order valence-electron chi connectivity index (χ4n) is 2.32. The number of nitrogens with zero attached hydrogens (tertiary/aromatic N) is 4. The first-order valence-electron chi connectivity index (χ1n) is 6.44. The predicted molar refractivity (Wildman–Crippen MR) is 74.6 cm³/mol. The van der Waals surface area contributed by atoms with E-state index in [1.165, 1.54) is 21.9 Å². The van der Waals surface area contributed by atoms with Gasteiger partial charge in [-0.25, -0.2) is 4.98 Å². The molecule has 6 nitrogen and oxygen atoms in total. The Morgan fingerprint density at radius 3 is 3.21 bits per heavy atom. The van der Waals surface area contributed by atoms with Gasteiger partial charge in [0.05, 0.1) is 6.54 Å². The van der Waals surface area contributed by atoms with E-state index < -0.39 is 0 Å². The van der Waals surface area contributed by atoms with E-state index in [1.807, 2.05) is 6.92 Å². The van der Waals surface area contributed by atoms with Gasteiger partial charge in [-0.05, 0) is 13.8 Å². The zero-order valence-corrected chi connectivity index (χ0v) is 11.9. The number of aryl methyl sites for hydroxylation is 1. The second-order valence-corrected chi connectivity index (χ2v) is 5.99. The first-order valence-corrected chi connectivity index (χ1v) is 7.26. The topological polar surface area (TPSA) is 62.5 Å². The van der Waals surface area contributed by atoms with Gasteiger partial charge >= 0.3 is 0 Å². The molecule has 1 aliphatic rings. The predicted octanol–water partition coefficient (Wildman–Crippen LogP) is 0.253. The zero-order valence-electron chi connectivity index (χ0n) is 11.1. The molecule has 0 saturated carbocycles. The van der Waals surface area contributed by atoms with Gasteiger partial charge < -0.3 is 5.32 Å². The van der Waals surface area contributed by atoms with E-state index in [2.05, 4.69) is 27.2 Å². The molecule has 1 N–H and O–H groups in total. The van der Waals surface area contributed by atoms with Crippen LogP contribution in [0.3, 0.4) is 0 Å². The van der Waals surface area contributed by atoms with Crippen LogP contribution in [0.4, 0.5) is 0 Å². The van der Waals surface area contributed by atoms with Crippen LogP contribution in [0.25, 0.3) is 4.96 Å². The molecule has 0 radical (unpaired) electrons. The van der Waals surface area contributed by atoms with Crippen LogP contribution in [0.2, 0.25) is 0 Å². The van der Waals surface area contributed by atoms with Crippen molar-refractivity contribution in [2.24, 2.45) is 0 Å². The second-order valence-electron chi connectivity index (χ2n) is 4.95. The highest BCUT2D eigenvalue weighted by atomic mass is 32.1. The molecule has 2 aromatic rings. The van der Waals surface area contributed by atoms with E-state index in [4.69, 9.17) is 0 Å². The molecule has 1 fully saturated rings. The molecular formula is C12H17N5OS. The highest BCUT2D eigenvalue weighted by Crippen LogP contribution is 2.15. The molecule has 1 aliphatic heterocycles. The Morgan fingerprint density at radius 2 is 2.42 bits per heavy atom. The van der Waals surface area contributed by atoms with Gasteiger partial charge in [0.1, 0.15) is 5.01 Å². The summed E-state index contributed by atoms with van der Waals surface area (Å²) in [6, 6.07) is 2.01. The monoisotopic (exact) mass is 279 g/mol. The molecule has 0 unspecified atom stereocenters. The fourth-order valence-corrected chi connectivity index (χ4v) is 3.29. The summed E-state index contributed by atoms with van der Waals surface area (Å²) in [6.07, 6.45) is 0. The molecule has 102 valence electrons. The first kappa shape index (κ1) is 12.7. The lowest BCUT2D eigenvalue weighted by Gasteiger charge is -2.32. The molecule has 19 heavy (non-hydrogen) atoms. The lowest BCUT2D eigenvalue weighted by atomic mass is 10.2. The summed E-state index contributed by atoms with van der Waals surface area (Å²) in [4.78, 5) is 19.2. The fraction of sp³-hybridized carbons (Fsp3) is 0.583. The standard InChI is InChI=1S/C12H17N5OS/c1-8-5-11(18)17-12(14-8)19-10(15-17)7-16-4-3-13-6-9(16)2/h5,9,13H,3-4,6-7H2,1-2H3/t9-/m1/s1. The number of fused-ring (bicyclic) bond motifs is 1. The Bertz CT molecular complexity index is 649. The average Bonchev–Trinajstić information content (AvgIpc) is 2.75. The third-order valence-corrected chi connectivity index (χ3v) is 4.29. The van der Waals surface area contributed by atoms with Crippen molar-refractivity contribution in [2.75, 3.05) is 19.6 Å². The average molecular weight is 279 g/mol. The molecule has 1 atom stereocenters. The number of piperazine rings is 1. The summed E-state index contributed by atoms with van der Waals surface area (Å²) < 4.78 is 1.40. The van der Waals surface area contributed by atoms with Crippen molar-refractivity contribution in [3.8, 4) is 0 Å². The molecule has 0 spiro atoms. The second kappa shape index (κ2) is 4.99. The molecule has 3 heterocycles. The van der Waals surface area contributed by atoms with E-state index in [0.717, 1.165) is 36.9 Å². The summed E-state index contributed by atoms with van der Waals surface area (Å²) >= 11 is 1.50. The number of hydrogen-bond donors (Lipinski definition) is 1. The number of aromatic nitrogens is 3. The first-order chi connectivity index (χ1) is 9.13. The van der Waals surface area contributed by atoms with E-state index in [-0.39, 0.29) is 5.56 Å². The molecule has 0 aliphatic carbocycles. The summed E-state index contributed by atoms with van der Waals surface area (Å²) in [5, 5.41) is 8.70. The van der Waals surface area contributed by atoms with Gasteiger partial charge in [0.2, 0.25) is 4.96 Å². The van der Waals surface area contributed by atoms with Crippen molar-refractivity contribution in [3.63, 3.8) is 0 Å². The molecular weight excluding hydrogens is 262 g/mol. The zero-order chi connectivity index (χ0) is 13.4. The van der Waals surface area contributed by atoms with Crippen LogP contribution >= 0.6 is 11.3 Å². The van der Waals surface area contributed by atoms with Crippen molar-refractivity contribution in [3.05, 3.63) is 27.1 Å². The largest absolute Gasteiger partial charge is 0.314 e. The smallest absolute Gasteiger partial charge is 0.275 e. The molecule has 0 aromatic carbocycles. The van der Waals surface area contributed by atoms with Gasteiger partial charge in [0, 0.05) is 37.4 Å². The van der Waals surface area contributed by atoms with Gasteiger partial charge in [-0.1, -0.05) is 11.3 Å². The van der Waals surface area contributed by atoms with Gasteiger partial charge in [0.25, 0.3) is 5.56 Å². The van der Waals surface area contributed by atoms with Crippen molar-refractivity contribution < 1.29 is 0 Å². The summed E-state index contributed by atoms with van der Waals surface area (Å²) in [7, 11) is 0. The van der Waals surface area contributed by atoms with Gasteiger partial charge in [-0.2, -0.15) is 9.61 Å². The maximum Gasteiger partial charge on any atom is 0.275 e. The lowest BCUT2D eigenvalue weighted by Crippen LogP contribution is -2.49. The highest BCUT2D eigenvalue weighted by molar-refractivity contribution is 7.16. The van der Waals surface area contributed by atoms with Gasteiger partial charge in [0.15, 0.2) is 0 Å². The van der Waals surface area contributed by atoms with Crippen LogP contribution in [0, 0.1) is 6.92 Å². The van der Waals surface area contributed by atoms with Crippen LogP contribution in [-0.2, 0) is 6.54 Å². The third-order valence-electron chi connectivity index (χ3n) is 3.39. The molecule has 0 bridgehead atoms. The lowest BCUT2D eigenvalue weighted by molar-refractivity contribution is 0.165. The molecule has 3 rings (SSSR count). The van der Waals surface area contributed by atoms with E-state index in [0.29, 0.717) is 11.0 Å². The van der Waals surface area contributed by atoms with Crippen LogP contribution in [0.15, 0.2) is 10.9 Å². The minimum absolute atomic E-state index is 0.0987. The van der Waals surface area contributed by atoms with Crippen molar-refractivity contribution >= 4 is 16.3 Å². The minimum Gasteiger partial charge on any atom is -0.314 e. The van der Waals surface area contributed by atoms with Crippen LogP contribution in [0.1, 0.15) is 17.6 Å². The van der Waals surface area contributed by atoms with Crippen LogP contribution < -0.4 is 10.9 Å². The van der Waals surface area contributed by atoms with E-state index in [9.17, 15) is 4.79 Å². The van der Waals surface area contributed by atoms with Crippen molar-refractivity contribution in [1.82, 2.24) is 24.8 Å². The van der Waals surface area contributed by atoms with Crippen LogP contribution in [0.5, 0.6) is 0 Å². The van der Waals surface area contributed by atoms with E-state index >= 15 is 0 Å². The Balaban J connectivity index is 1.89. The SMILES string of the molecule is Cc1cc(=O)n2nc(CN3CCNC[C@H]3C)sc2n1. The summed E-state index contributed by atoms with van der Waals surface area (Å²) in [6.45, 7) is 7.84. The Morgan fingerprint density at radius 1 is 1.58 bits per heavy atom. The normalized spacial score (nSPS) is 21.1. The maximum absolute atomic E-state index is 11.8. The molecule has 1 saturated heterocycles. The molecule has 7 heteroatoms. The molecule has 2 aromatic heterocycles. The number of hydrogen-bond acceptors (Lipinski definition) is 6.